The molecule has 0 heterocycles. The van der Waals surface area contributed by atoms with Crippen LogP contribution in [0.3, 0.4) is 0 Å². The molecular weight excluding hydrogens is 315 g/mol. The number of amides is 2. The number of anilines is 1. The number of hydrogen-bond donors (Lipinski definition) is 1. The Morgan fingerprint density at radius 1 is 1.44 bits per heavy atom. The van der Waals surface area contributed by atoms with E-state index in [1.807, 2.05) is 6.92 Å². The van der Waals surface area contributed by atoms with Crippen molar-refractivity contribution in [1.29, 1.82) is 0 Å². The second-order valence-electron chi connectivity index (χ2n) is 3.17. The molecule has 2 amide bonds. The second kappa shape index (κ2) is 5.75. The van der Waals surface area contributed by atoms with Crippen LogP contribution in [0.5, 0.6) is 0 Å². The standard InChI is InChI=1S/C10H11BrCl2N2O/c1-3-15(2)10(16)14-7-5-4-6(11)8(12)9(7)13/h4-5H,3H2,1-2H3,(H,14,16). The van der Waals surface area contributed by atoms with Gasteiger partial charge in [-0.05, 0) is 35.0 Å². The summed E-state index contributed by atoms with van der Waals surface area (Å²) in [7, 11) is 1.70. The molecule has 6 heteroatoms. The zero-order valence-electron chi connectivity index (χ0n) is 8.85. The van der Waals surface area contributed by atoms with Crippen LogP contribution in [-0.2, 0) is 0 Å². The van der Waals surface area contributed by atoms with E-state index in [0.717, 1.165) is 0 Å². The van der Waals surface area contributed by atoms with Gasteiger partial charge in [0.25, 0.3) is 0 Å². The van der Waals surface area contributed by atoms with E-state index in [4.69, 9.17) is 23.2 Å². The summed E-state index contributed by atoms with van der Waals surface area (Å²) in [6, 6.07) is 3.21. The Labute approximate surface area is 113 Å². The maximum atomic E-state index is 11.6. The van der Waals surface area contributed by atoms with Crippen LogP contribution in [0.1, 0.15) is 6.92 Å². The summed E-state index contributed by atoms with van der Waals surface area (Å²) in [5.41, 5.74) is 0.500. The molecule has 0 aliphatic carbocycles. The van der Waals surface area contributed by atoms with Crippen molar-refractivity contribution in [2.45, 2.75) is 6.92 Å². The van der Waals surface area contributed by atoms with E-state index in [9.17, 15) is 4.79 Å². The lowest BCUT2D eigenvalue weighted by molar-refractivity contribution is 0.224. The van der Waals surface area contributed by atoms with E-state index in [-0.39, 0.29) is 6.03 Å². The molecule has 1 aromatic rings. The smallest absolute Gasteiger partial charge is 0.321 e. The van der Waals surface area contributed by atoms with Crippen molar-refractivity contribution in [3.8, 4) is 0 Å². The summed E-state index contributed by atoms with van der Waals surface area (Å²) in [5, 5.41) is 3.39. The maximum absolute atomic E-state index is 11.6. The zero-order valence-corrected chi connectivity index (χ0v) is 11.9. The number of nitrogens with one attached hydrogen (secondary N) is 1. The Bertz CT molecular complexity index is 412. The molecule has 1 rings (SSSR count). The lowest BCUT2D eigenvalue weighted by atomic mass is 10.3. The lowest BCUT2D eigenvalue weighted by Gasteiger charge is -2.16. The number of nitrogens with zero attached hydrogens (tertiary/aromatic N) is 1. The highest BCUT2D eigenvalue weighted by atomic mass is 79.9. The number of rotatable bonds is 2. The lowest BCUT2D eigenvalue weighted by Crippen LogP contribution is -2.31. The van der Waals surface area contributed by atoms with Gasteiger partial charge in [-0.25, -0.2) is 4.79 Å². The number of carbonyl (C=O) groups excluding carboxylic acids is 1. The van der Waals surface area contributed by atoms with E-state index in [1.54, 1.807) is 19.2 Å². The number of hydrogen-bond acceptors (Lipinski definition) is 1. The largest absolute Gasteiger partial charge is 0.328 e. The van der Waals surface area contributed by atoms with Crippen molar-refractivity contribution in [2.75, 3.05) is 18.9 Å². The number of urea groups is 1. The van der Waals surface area contributed by atoms with Gasteiger partial charge in [-0.15, -0.1) is 0 Å². The highest BCUT2D eigenvalue weighted by Crippen LogP contribution is 2.35. The van der Waals surface area contributed by atoms with E-state index >= 15 is 0 Å². The molecule has 3 nitrogen and oxygen atoms in total. The molecular formula is C10H11BrCl2N2O. The van der Waals surface area contributed by atoms with Gasteiger partial charge >= 0.3 is 6.03 Å². The minimum absolute atomic E-state index is 0.220. The van der Waals surface area contributed by atoms with Gasteiger partial charge in [0.2, 0.25) is 0 Å². The first kappa shape index (κ1) is 13.6. The molecule has 0 saturated heterocycles. The Morgan fingerprint density at radius 2 is 2.06 bits per heavy atom. The summed E-state index contributed by atoms with van der Waals surface area (Å²) in [6.45, 7) is 2.50. The van der Waals surface area contributed by atoms with Crippen LogP contribution in [0, 0.1) is 0 Å². The Hall–Kier alpha value is -0.450. The first-order chi connectivity index (χ1) is 7.47. The van der Waals surface area contributed by atoms with Gasteiger partial charge in [0, 0.05) is 18.1 Å². The predicted octanol–water partition coefficient (Wildman–Crippen LogP) is 4.24. The van der Waals surface area contributed by atoms with E-state index in [0.29, 0.717) is 26.8 Å². The number of halogens is 3. The van der Waals surface area contributed by atoms with Gasteiger partial charge in [0.1, 0.15) is 0 Å². The van der Waals surface area contributed by atoms with E-state index in [1.165, 1.54) is 4.90 Å². The van der Waals surface area contributed by atoms with Gasteiger partial charge < -0.3 is 10.2 Å². The molecule has 88 valence electrons. The maximum Gasteiger partial charge on any atom is 0.321 e. The van der Waals surface area contributed by atoms with Gasteiger partial charge in [0.15, 0.2) is 0 Å². The van der Waals surface area contributed by atoms with Gasteiger partial charge in [0.05, 0.1) is 15.7 Å². The second-order valence-corrected chi connectivity index (χ2v) is 4.78. The quantitative estimate of drug-likeness (QED) is 0.810. The van der Waals surface area contributed by atoms with Crippen LogP contribution in [0.2, 0.25) is 10.0 Å². The average molecular weight is 326 g/mol. The van der Waals surface area contributed by atoms with Crippen molar-refractivity contribution in [3.05, 3.63) is 26.7 Å². The predicted molar refractivity (Wildman–Crippen MR) is 71.5 cm³/mol. The SMILES string of the molecule is CCN(C)C(=O)Nc1ccc(Br)c(Cl)c1Cl. The first-order valence-corrected chi connectivity index (χ1v) is 6.17. The summed E-state index contributed by atoms with van der Waals surface area (Å²) in [5.74, 6) is 0. The Balaban J connectivity index is 2.91. The summed E-state index contributed by atoms with van der Waals surface area (Å²) < 4.78 is 0.695. The topological polar surface area (TPSA) is 32.3 Å². The molecule has 0 aliphatic heterocycles. The number of carbonyl (C=O) groups is 1. The summed E-state index contributed by atoms with van der Waals surface area (Å²) in [4.78, 5) is 13.1. The molecule has 0 radical (unpaired) electrons. The molecule has 0 atom stereocenters. The highest BCUT2D eigenvalue weighted by molar-refractivity contribution is 9.10. The molecule has 16 heavy (non-hydrogen) atoms. The minimum atomic E-state index is -0.220. The van der Waals surface area contributed by atoms with Crippen molar-refractivity contribution >= 4 is 50.9 Å². The fraction of sp³-hybridized carbons (Fsp3) is 0.300. The molecule has 0 aliphatic rings. The monoisotopic (exact) mass is 324 g/mol. The Kier molecular flexibility index (Phi) is 4.89. The van der Waals surface area contributed by atoms with Crippen molar-refractivity contribution in [3.63, 3.8) is 0 Å². The highest BCUT2D eigenvalue weighted by Gasteiger charge is 2.12. The van der Waals surface area contributed by atoms with Crippen molar-refractivity contribution < 1.29 is 4.79 Å². The molecule has 0 fully saturated rings. The van der Waals surface area contributed by atoms with E-state index < -0.39 is 0 Å². The van der Waals surface area contributed by atoms with Crippen LogP contribution in [0.25, 0.3) is 0 Å². The average Bonchev–Trinajstić information content (AvgIpc) is 2.28. The fourth-order valence-electron chi connectivity index (χ4n) is 0.977. The first-order valence-electron chi connectivity index (χ1n) is 4.63. The molecule has 0 saturated carbocycles. The fourth-order valence-corrected chi connectivity index (χ4v) is 1.80. The normalized spacial score (nSPS) is 10.1. The molecule has 0 unspecified atom stereocenters. The zero-order chi connectivity index (χ0) is 12.3. The minimum Gasteiger partial charge on any atom is -0.328 e. The van der Waals surface area contributed by atoms with Gasteiger partial charge in [-0.3, -0.25) is 0 Å². The molecule has 1 aromatic carbocycles. The van der Waals surface area contributed by atoms with Crippen LogP contribution >= 0.6 is 39.1 Å². The van der Waals surface area contributed by atoms with Crippen LogP contribution < -0.4 is 5.32 Å². The number of benzene rings is 1. The third-order valence-electron chi connectivity index (χ3n) is 2.10. The van der Waals surface area contributed by atoms with E-state index in [2.05, 4.69) is 21.2 Å². The molecule has 1 N–H and O–H groups in total. The molecule has 0 bridgehead atoms. The van der Waals surface area contributed by atoms with Crippen LogP contribution in [0.4, 0.5) is 10.5 Å². The van der Waals surface area contributed by atoms with Gasteiger partial charge in [-0.2, -0.15) is 0 Å². The van der Waals surface area contributed by atoms with Crippen molar-refractivity contribution in [1.82, 2.24) is 4.90 Å². The van der Waals surface area contributed by atoms with Gasteiger partial charge in [-0.1, -0.05) is 23.2 Å². The van der Waals surface area contributed by atoms with Crippen LogP contribution in [-0.4, -0.2) is 24.5 Å². The third-order valence-corrected chi connectivity index (χ3v) is 3.87. The van der Waals surface area contributed by atoms with Crippen molar-refractivity contribution in [2.24, 2.45) is 0 Å². The third kappa shape index (κ3) is 3.03. The summed E-state index contributed by atoms with van der Waals surface area (Å²) in [6.07, 6.45) is 0. The Morgan fingerprint density at radius 3 is 2.62 bits per heavy atom. The molecule has 0 aromatic heterocycles. The molecule has 0 spiro atoms. The van der Waals surface area contributed by atoms with Crippen LogP contribution in [0.15, 0.2) is 16.6 Å². The summed E-state index contributed by atoms with van der Waals surface area (Å²) >= 11 is 15.2.